The lowest BCUT2D eigenvalue weighted by molar-refractivity contribution is 0.462. The van der Waals surface area contributed by atoms with Crippen molar-refractivity contribution in [1.82, 2.24) is 5.43 Å². The second-order valence-corrected chi connectivity index (χ2v) is 4.79. The summed E-state index contributed by atoms with van der Waals surface area (Å²) >= 11 is 0. The first kappa shape index (κ1) is 15.5. The van der Waals surface area contributed by atoms with Crippen LogP contribution in [0.2, 0.25) is 0 Å². The second kappa shape index (κ2) is 5.83. The first-order valence-corrected chi connectivity index (χ1v) is 6.23. The van der Waals surface area contributed by atoms with Crippen molar-refractivity contribution in [2.45, 2.75) is 19.9 Å². The van der Waals surface area contributed by atoms with Crippen LogP contribution >= 0.6 is 0 Å². The summed E-state index contributed by atoms with van der Waals surface area (Å²) in [6, 6.07) is 3.55. The largest absolute Gasteiger partial charge is 0.271 e. The van der Waals surface area contributed by atoms with E-state index in [9.17, 15) is 17.6 Å². The van der Waals surface area contributed by atoms with Gasteiger partial charge in [0.05, 0.1) is 6.04 Å². The topological polar surface area (TPSA) is 38.0 Å². The minimum atomic E-state index is -1.33. The molecular formula is C15H14F4N2. The molecule has 3 N–H and O–H groups in total. The van der Waals surface area contributed by atoms with E-state index in [1.807, 2.05) is 0 Å². The summed E-state index contributed by atoms with van der Waals surface area (Å²) in [5.41, 5.74) is 1.71. The molecule has 21 heavy (non-hydrogen) atoms. The molecule has 0 aromatic heterocycles. The maximum atomic E-state index is 14.1. The van der Waals surface area contributed by atoms with Crippen LogP contribution in [0.15, 0.2) is 24.3 Å². The maximum absolute atomic E-state index is 14.1. The Balaban J connectivity index is 2.66. The first-order chi connectivity index (χ1) is 9.88. The number of aryl methyl sites for hydroxylation is 2. The molecule has 0 fully saturated rings. The van der Waals surface area contributed by atoms with Gasteiger partial charge in [0, 0.05) is 11.1 Å². The average Bonchev–Trinajstić information content (AvgIpc) is 2.46. The highest BCUT2D eigenvalue weighted by atomic mass is 19.2. The van der Waals surface area contributed by atoms with Crippen molar-refractivity contribution in [2.24, 2.45) is 5.84 Å². The molecule has 0 spiro atoms. The fourth-order valence-electron chi connectivity index (χ4n) is 2.16. The molecule has 6 heteroatoms. The van der Waals surface area contributed by atoms with Crippen LogP contribution in [0.25, 0.3) is 0 Å². The SMILES string of the molecule is Cc1ccc(C(NN)c2c(F)ccc(C)c2F)c(F)c1F. The molecule has 0 saturated heterocycles. The van der Waals surface area contributed by atoms with E-state index in [4.69, 9.17) is 5.84 Å². The Morgan fingerprint density at radius 2 is 1.43 bits per heavy atom. The monoisotopic (exact) mass is 298 g/mol. The highest BCUT2D eigenvalue weighted by molar-refractivity contribution is 5.38. The van der Waals surface area contributed by atoms with Gasteiger partial charge in [-0.15, -0.1) is 0 Å². The molecule has 0 radical (unpaired) electrons. The quantitative estimate of drug-likeness (QED) is 0.518. The third-order valence-electron chi connectivity index (χ3n) is 3.39. The summed E-state index contributed by atoms with van der Waals surface area (Å²) in [4.78, 5) is 0. The van der Waals surface area contributed by atoms with Gasteiger partial charge in [0.25, 0.3) is 0 Å². The van der Waals surface area contributed by atoms with E-state index in [1.165, 1.54) is 32.0 Å². The van der Waals surface area contributed by atoms with E-state index < -0.39 is 34.9 Å². The molecule has 0 aliphatic rings. The van der Waals surface area contributed by atoms with Crippen molar-refractivity contribution in [3.05, 3.63) is 69.8 Å². The summed E-state index contributed by atoms with van der Waals surface area (Å²) in [5.74, 6) is 1.32. The molecule has 1 atom stereocenters. The maximum Gasteiger partial charge on any atom is 0.164 e. The zero-order chi connectivity index (χ0) is 15.7. The van der Waals surface area contributed by atoms with E-state index in [2.05, 4.69) is 5.43 Å². The van der Waals surface area contributed by atoms with Crippen LogP contribution in [0.5, 0.6) is 0 Å². The van der Waals surface area contributed by atoms with Crippen LogP contribution < -0.4 is 11.3 Å². The molecule has 2 aromatic carbocycles. The Morgan fingerprint density at radius 3 is 2.05 bits per heavy atom. The number of rotatable bonds is 3. The number of nitrogens with two attached hydrogens (primary N) is 1. The van der Waals surface area contributed by atoms with Gasteiger partial charge in [0.2, 0.25) is 0 Å². The molecule has 0 amide bonds. The fourth-order valence-corrected chi connectivity index (χ4v) is 2.16. The molecule has 0 aliphatic heterocycles. The van der Waals surface area contributed by atoms with Crippen LogP contribution in [0, 0.1) is 37.1 Å². The van der Waals surface area contributed by atoms with E-state index in [0.29, 0.717) is 0 Å². The number of nitrogens with one attached hydrogen (secondary N) is 1. The Morgan fingerprint density at radius 1 is 0.857 bits per heavy atom. The number of hydrogen-bond acceptors (Lipinski definition) is 2. The normalized spacial score (nSPS) is 12.5. The standard InChI is InChI=1S/C15H14F4N2/c1-7-4-6-10(16)11(12(7)17)15(21-20)9-5-3-8(2)13(18)14(9)19/h3-6,15,21H,20H2,1-2H3. The lowest BCUT2D eigenvalue weighted by Crippen LogP contribution is -2.31. The van der Waals surface area contributed by atoms with Gasteiger partial charge in [0.1, 0.15) is 11.6 Å². The Labute approximate surface area is 119 Å². The van der Waals surface area contributed by atoms with Crippen LogP contribution in [-0.2, 0) is 0 Å². The first-order valence-electron chi connectivity index (χ1n) is 6.23. The zero-order valence-electron chi connectivity index (χ0n) is 11.5. The van der Waals surface area contributed by atoms with Gasteiger partial charge in [0.15, 0.2) is 11.6 Å². The minimum Gasteiger partial charge on any atom is -0.271 e. The molecule has 0 bridgehead atoms. The van der Waals surface area contributed by atoms with E-state index >= 15 is 0 Å². The molecule has 2 nitrogen and oxygen atoms in total. The van der Waals surface area contributed by atoms with Crippen molar-refractivity contribution < 1.29 is 17.6 Å². The van der Waals surface area contributed by atoms with Crippen molar-refractivity contribution >= 4 is 0 Å². The zero-order valence-corrected chi connectivity index (χ0v) is 11.5. The van der Waals surface area contributed by atoms with E-state index in [0.717, 1.165) is 6.07 Å². The lowest BCUT2D eigenvalue weighted by atomic mass is 9.95. The number of hydrogen-bond donors (Lipinski definition) is 2. The number of halogens is 4. The highest BCUT2D eigenvalue weighted by Gasteiger charge is 2.26. The third-order valence-corrected chi connectivity index (χ3v) is 3.39. The molecule has 112 valence electrons. The Kier molecular flexibility index (Phi) is 4.29. The van der Waals surface area contributed by atoms with Gasteiger partial charge in [-0.2, -0.15) is 0 Å². The lowest BCUT2D eigenvalue weighted by Gasteiger charge is -2.20. The van der Waals surface area contributed by atoms with Crippen LogP contribution in [0.3, 0.4) is 0 Å². The molecule has 0 aliphatic carbocycles. The van der Waals surface area contributed by atoms with Crippen LogP contribution in [0.4, 0.5) is 17.6 Å². The summed E-state index contributed by atoms with van der Waals surface area (Å²) < 4.78 is 55.7. The van der Waals surface area contributed by atoms with Gasteiger partial charge in [-0.25, -0.2) is 23.0 Å². The molecule has 0 heterocycles. The van der Waals surface area contributed by atoms with Gasteiger partial charge < -0.3 is 0 Å². The summed E-state index contributed by atoms with van der Waals surface area (Å²) in [5, 5.41) is 0. The fraction of sp³-hybridized carbons (Fsp3) is 0.200. The highest BCUT2D eigenvalue weighted by Crippen LogP contribution is 2.30. The average molecular weight is 298 g/mol. The van der Waals surface area contributed by atoms with E-state index in [1.54, 1.807) is 0 Å². The predicted molar refractivity (Wildman–Crippen MR) is 71.4 cm³/mol. The Bertz CT molecular complexity index is 686. The summed E-state index contributed by atoms with van der Waals surface area (Å²) in [6.45, 7) is 2.83. The second-order valence-electron chi connectivity index (χ2n) is 4.79. The molecule has 1 unspecified atom stereocenters. The molecule has 2 aromatic rings. The predicted octanol–water partition coefficient (Wildman–Crippen LogP) is 3.41. The molecular weight excluding hydrogens is 284 g/mol. The van der Waals surface area contributed by atoms with Gasteiger partial charge >= 0.3 is 0 Å². The van der Waals surface area contributed by atoms with Crippen molar-refractivity contribution in [1.29, 1.82) is 0 Å². The van der Waals surface area contributed by atoms with Crippen LogP contribution in [-0.4, -0.2) is 0 Å². The number of benzene rings is 2. The molecule has 2 rings (SSSR count). The van der Waals surface area contributed by atoms with Crippen molar-refractivity contribution in [3.63, 3.8) is 0 Å². The van der Waals surface area contributed by atoms with Gasteiger partial charge in [-0.1, -0.05) is 18.2 Å². The van der Waals surface area contributed by atoms with Crippen molar-refractivity contribution in [3.8, 4) is 0 Å². The smallest absolute Gasteiger partial charge is 0.164 e. The van der Waals surface area contributed by atoms with Crippen LogP contribution in [0.1, 0.15) is 28.3 Å². The summed E-state index contributed by atoms with van der Waals surface area (Å²) in [6.07, 6.45) is 0. The Hall–Kier alpha value is -1.92. The minimum absolute atomic E-state index is 0.0946. The summed E-state index contributed by atoms with van der Waals surface area (Å²) in [7, 11) is 0. The van der Waals surface area contributed by atoms with Crippen molar-refractivity contribution in [2.75, 3.05) is 0 Å². The molecule has 0 saturated carbocycles. The van der Waals surface area contributed by atoms with Gasteiger partial charge in [-0.05, 0) is 31.0 Å². The van der Waals surface area contributed by atoms with Gasteiger partial charge in [-0.3, -0.25) is 5.84 Å². The third kappa shape index (κ3) is 2.64. The number of hydrazine groups is 1. The van der Waals surface area contributed by atoms with E-state index in [-0.39, 0.29) is 16.7 Å².